The summed E-state index contributed by atoms with van der Waals surface area (Å²) in [7, 11) is 0. The second-order valence-electron chi connectivity index (χ2n) is 6.77. The molecule has 1 N–H and O–H groups in total. The molecule has 0 saturated heterocycles. The molecule has 0 heterocycles. The number of hydrogen-bond donors (Lipinski definition) is 1. The van der Waals surface area contributed by atoms with E-state index in [2.05, 4.69) is 47.6 Å². The first-order chi connectivity index (χ1) is 7.19. The van der Waals surface area contributed by atoms with Crippen LogP contribution in [0.1, 0.15) is 60.8 Å². The Morgan fingerprint density at radius 2 is 1.94 bits per heavy atom. The van der Waals surface area contributed by atoms with Crippen molar-refractivity contribution in [3.05, 3.63) is 11.6 Å². The van der Waals surface area contributed by atoms with Crippen LogP contribution in [0.4, 0.5) is 0 Å². The molecule has 0 radical (unpaired) electrons. The first-order valence-electron chi connectivity index (χ1n) is 6.56. The molecule has 0 fully saturated rings. The minimum atomic E-state index is -0.248. The third-order valence-electron chi connectivity index (χ3n) is 4.75. The van der Waals surface area contributed by atoms with Gasteiger partial charge in [-0.15, -0.1) is 0 Å². The van der Waals surface area contributed by atoms with Gasteiger partial charge in [-0.3, -0.25) is 0 Å². The van der Waals surface area contributed by atoms with Gasteiger partial charge in [0.25, 0.3) is 0 Å². The Balaban J connectivity index is 2.93. The van der Waals surface area contributed by atoms with Crippen molar-refractivity contribution < 1.29 is 5.11 Å². The van der Waals surface area contributed by atoms with Gasteiger partial charge in [0.1, 0.15) is 0 Å². The number of hydrogen-bond acceptors (Lipinski definition) is 1. The first-order valence-corrected chi connectivity index (χ1v) is 6.56. The summed E-state index contributed by atoms with van der Waals surface area (Å²) in [6.45, 7) is 13.7. The Bertz CT molecular complexity index is 275. The molecule has 0 amide bonds. The van der Waals surface area contributed by atoms with E-state index in [1.54, 1.807) is 0 Å². The van der Waals surface area contributed by atoms with Crippen molar-refractivity contribution in [1.82, 2.24) is 0 Å². The highest BCUT2D eigenvalue weighted by molar-refractivity contribution is 5.21. The van der Waals surface area contributed by atoms with Crippen LogP contribution in [0, 0.1) is 16.7 Å². The van der Waals surface area contributed by atoms with E-state index in [1.807, 2.05) is 0 Å². The second-order valence-corrected chi connectivity index (χ2v) is 6.77. The maximum atomic E-state index is 9.85. The molecule has 1 aliphatic carbocycles. The molecule has 2 atom stereocenters. The Morgan fingerprint density at radius 3 is 2.38 bits per heavy atom. The minimum absolute atomic E-state index is 0.195. The molecule has 0 aromatic heterocycles. The smallest absolute Gasteiger partial charge is 0.0729 e. The third kappa shape index (κ3) is 2.51. The van der Waals surface area contributed by atoms with Crippen molar-refractivity contribution in [2.75, 3.05) is 0 Å². The zero-order valence-electron chi connectivity index (χ0n) is 11.8. The second kappa shape index (κ2) is 4.52. The van der Waals surface area contributed by atoms with Gasteiger partial charge in [0.2, 0.25) is 0 Å². The maximum Gasteiger partial charge on any atom is 0.0729 e. The number of aliphatic hydroxyl groups is 1. The van der Waals surface area contributed by atoms with Crippen LogP contribution in [0.25, 0.3) is 0 Å². The van der Waals surface area contributed by atoms with Crippen LogP contribution in [0.5, 0.6) is 0 Å². The van der Waals surface area contributed by atoms with Crippen LogP contribution in [0.15, 0.2) is 11.6 Å². The third-order valence-corrected chi connectivity index (χ3v) is 4.75. The van der Waals surface area contributed by atoms with Crippen LogP contribution >= 0.6 is 0 Å². The van der Waals surface area contributed by atoms with E-state index < -0.39 is 0 Å². The lowest BCUT2D eigenvalue weighted by Gasteiger charge is -2.50. The van der Waals surface area contributed by atoms with Crippen molar-refractivity contribution in [2.45, 2.75) is 66.9 Å². The summed E-state index contributed by atoms with van der Waals surface area (Å²) >= 11 is 0. The lowest BCUT2D eigenvalue weighted by Crippen LogP contribution is -2.42. The summed E-state index contributed by atoms with van der Waals surface area (Å²) in [5.74, 6) is 0.757. The molecule has 94 valence electrons. The van der Waals surface area contributed by atoms with E-state index >= 15 is 0 Å². The van der Waals surface area contributed by atoms with Crippen LogP contribution in [-0.4, -0.2) is 11.2 Å². The summed E-state index contributed by atoms with van der Waals surface area (Å²) in [5, 5.41) is 9.85. The highest BCUT2D eigenvalue weighted by atomic mass is 16.3. The van der Waals surface area contributed by atoms with E-state index in [9.17, 15) is 5.11 Å². The van der Waals surface area contributed by atoms with Gasteiger partial charge in [0.05, 0.1) is 6.10 Å². The number of allylic oxidation sites excluding steroid dienone is 1. The molecule has 0 saturated carbocycles. The van der Waals surface area contributed by atoms with E-state index in [4.69, 9.17) is 0 Å². The SMILES string of the molecule is CC1=CC(O)CC(C)(C)C1(C)CCC(C)C. The normalized spacial score (nSPS) is 34.0. The van der Waals surface area contributed by atoms with Crippen LogP contribution < -0.4 is 0 Å². The zero-order chi connectivity index (χ0) is 12.6. The van der Waals surface area contributed by atoms with Gasteiger partial charge < -0.3 is 5.11 Å². The van der Waals surface area contributed by atoms with Gasteiger partial charge in [-0.25, -0.2) is 0 Å². The topological polar surface area (TPSA) is 20.2 Å². The Morgan fingerprint density at radius 1 is 1.38 bits per heavy atom. The number of rotatable bonds is 3. The summed E-state index contributed by atoms with van der Waals surface area (Å²) in [6.07, 6.45) is 5.19. The van der Waals surface area contributed by atoms with Crippen molar-refractivity contribution in [3.63, 3.8) is 0 Å². The lowest BCUT2D eigenvalue weighted by atomic mass is 9.55. The van der Waals surface area contributed by atoms with Crippen molar-refractivity contribution in [2.24, 2.45) is 16.7 Å². The molecule has 1 aliphatic rings. The lowest BCUT2D eigenvalue weighted by molar-refractivity contribution is 0.0354. The fourth-order valence-electron chi connectivity index (χ4n) is 2.93. The van der Waals surface area contributed by atoms with Crippen molar-refractivity contribution >= 4 is 0 Å². The first kappa shape index (κ1) is 13.8. The quantitative estimate of drug-likeness (QED) is 0.713. The van der Waals surface area contributed by atoms with Gasteiger partial charge in [-0.2, -0.15) is 0 Å². The molecular weight excluding hydrogens is 196 g/mol. The molecule has 16 heavy (non-hydrogen) atoms. The van der Waals surface area contributed by atoms with E-state index in [1.165, 1.54) is 18.4 Å². The van der Waals surface area contributed by atoms with Gasteiger partial charge in [0.15, 0.2) is 0 Å². The highest BCUT2D eigenvalue weighted by Gasteiger charge is 2.45. The van der Waals surface area contributed by atoms with Gasteiger partial charge in [-0.1, -0.05) is 52.7 Å². The fourth-order valence-corrected chi connectivity index (χ4v) is 2.93. The van der Waals surface area contributed by atoms with Gasteiger partial charge >= 0.3 is 0 Å². The molecule has 0 spiro atoms. The molecule has 0 aromatic carbocycles. The predicted octanol–water partition coefficient (Wildman–Crippen LogP) is 4.17. The molecule has 0 bridgehead atoms. The van der Waals surface area contributed by atoms with Crippen LogP contribution in [0.3, 0.4) is 0 Å². The molecule has 2 unspecified atom stereocenters. The minimum Gasteiger partial charge on any atom is -0.389 e. The summed E-state index contributed by atoms with van der Waals surface area (Å²) in [4.78, 5) is 0. The monoisotopic (exact) mass is 224 g/mol. The summed E-state index contributed by atoms with van der Waals surface area (Å²) in [5.41, 5.74) is 1.81. The van der Waals surface area contributed by atoms with Crippen molar-refractivity contribution in [3.8, 4) is 0 Å². The van der Waals surface area contributed by atoms with Crippen LogP contribution in [0.2, 0.25) is 0 Å². The Kier molecular flexibility index (Phi) is 3.89. The molecule has 1 heteroatoms. The van der Waals surface area contributed by atoms with Gasteiger partial charge in [0, 0.05) is 0 Å². The van der Waals surface area contributed by atoms with E-state index in [0.29, 0.717) is 0 Å². The van der Waals surface area contributed by atoms with Gasteiger partial charge in [-0.05, 0) is 36.5 Å². The summed E-state index contributed by atoms with van der Waals surface area (Å²) in [6, 6.07) is 0. The number of aliphatic hydroxyl groups excluding tert-OH is 1. The molecular formula is C15H28O. The molecule has 0 aliphatic heterocycles. The van der Waals surface area contributed by atoms with E-state index in [-0.39, 0.29) is 16.9 Å². The average Bonchev–Trinajstić information content (AvgIpc) is 2.10. The van der Waals surface area contributed by atoms with Crippen LogP contribution in [-0.2, 0) is 0 Å². The maximum absolute atomic E-state index is 9.85. The zero-order valence-corrected chi connectivity index (χ0v) is 11.8. The highest BCUT2D eigenvalue weighted by Crippen LogP contribution is 2.53. The molecule has 1 rings (SSSR count). The predicted molar refractivity (Wildman–Crippen MR) is 70.3 cm³/mol. The summed E-state index contributed by atoms with van der Waals surface area (Å²) < 4.78 is 0. The average molecular weight is 224 g/mol. The standard InChI is InChI=1S/C15H28O/c1-11(2)7-8-15(6)12(3)9-13(16)10-14(15,4)5/h9,11,13,16H,7-8,10H2,1-6H3. The van der Waals surface area contributed by atoms with E-state index in [0.717, 1.165) is 12.3 Å². The molecule has 1 nitrogen and oxygen atoms in total. The molecule has 0 aromatic rings. The fraction of sp³-hybridized carbons (Fsp3) is 0.867. The largest absolute Gasteiger partial charge is 0.389 e. The Labute approximate surface area is 101 Å². The Hall–Kier alpha value is -0.300. The van der Waals surface area contributed by atoms with Crippen molar-refractivity contribution in [1.29, 1.82) is 0 Å².